The number of nitrogens with one attached hydrogen (secondary N) is 3. The van der Waals surface area contributed by atoms with Gasteiger partial charge in [0.15, 0.2) is 6.04 Å². The van der Waals surface area contributed by atoms with Crippen LogP contribution < -0.4 is 16.0 Å². The third kappa shape index (κ3) is 6.94. The lowest BCUT2D eigenvalue weighted by Crippen LogP contribution is -2.44. The minimum absolute atomic E-state index is 0.0368. The van der Waals surface area contributed by atoms with Crippen molar-refractivity contribution in [2.24, 2.45) is 0 Å². The molecule has 15 heteroatoms. The minimum Gasteiger partial charge on any atom is -0.480 e. The number of anilines is 1. The van der Waals surface area contributed by atoms with Crippen LogP contribution in [0.1, 0.15) is 27.6 Å². The van der Waals surface area contributed by atoms with Crippen LogP contribution in [0.5, 0.6) is 0 Å². The van der Waals surface area contributed by atoms with E-state index in [1.165, 1.54) is 0 Å². The van der Waals surface area contributed by atoms with Crippen molar-refractivity contribution in [1.82, 2.24) is 10.6 Å². The van der Waals surface area contributed by atoms with Gasteiger partial charge in [0.05, 0.1) is 30.6 Å². The molecule has 0 saturated carbocycles. The molecule has 1 aromatic rings. The fraction of sp³-hybridized carbons (Fsp3) is 0.250. The van der Waals surface area contributed by atoms with Crippen molar-refractivity contribution in [3.63, 3.8) is 0 Å². The molecule has 0 spiro atoms. The van der Waals surface area contributed by atoms with Crippen molar-refractivity contribution in [2.75, 3.05) is 18.5 Å². The highest BCUT2D eigenvalue weighted by molar-refractivity contribution is 14.1. The number of carboxylic acids is 2. The summed E-state index contributed by atoms with van der Waals surface area (Å²) in [4.78, 5) is 70.6. The highest BCUT2D eigenvalue weighted by Crippen LogP contribution is 2.35. The highest BCUT2D eigenvalue weighted by Gasteiger charge is 2.31. The van der Waals surface area contributed by atoms with Gasteiger partial charge in [-0.05, 0) is 67.8 Å². The number of rotatable bonds is 9. The molecule has 0 heterocycles. The van der Waals surface area contributed by atoms with E-state index in [2.05, 4.69) is 16.0 Å². The Balaban J connectivity index is 3.69. The van der Waals surface area contributed by atoms with Crippen molar-refractivity contribution in [2.45, 2.75) is 13.0 Å². The molecule has 0 bridgehead atoms. The molecular formula is C16H14I3N3O9. The standard InChI is InChI=1S/C16H14I3N3O9/c1-4(24)13(27)22-12-10(18)7(14(28)20-2-6(25)26)9(17)8(11(12)19)15(29)21-5(3-23)16(30)31/h5,23H,2-3H2,1H3,(H,20,28)(H,21,29)(H,22,27)(H,25,26)(H,30,31). The number of carboxylic acid groups (broad SMARTS) is 2. The Bertz CT molecular complexity index is 981. The van der Waals surface area contributed by atoms with Crippen LogP contribution in [0, 0.1) is 10.7 Å². The number of aliphatic hydroxyl groups excluding tert-OH is 1. The topological polar surface area (TPSA) is 199 Å². The van der Waals surface area contributed by atoms with Crippen LogP contribution in [-0.4, -0.2) is 70.0 Å². The summed E-state index contributed by atoms with van der Waals surface area (Å²) in [7, 11) is 0. The van der Waals surface area contributed by atoms with Gasteiger partial charge < -0.3 is 31.3 Å². The van der Waals surface area contributed by atoms with Gasteiger partial charge in [-0.2, -0.15) is 0 Å². The Hall–Kier alpha value is -1.61. The number of amides is 3. The Kier molecular flexibility index (Phi) is 10.5. The first-order valence-corrected chi connectivity index (χ1v) is 11.2. The van der Waals surface area contributed by atoms with Gasteiger partial charge in [0.1, 0.15) is 6.54 Å². The lowest BCUT2D eigenvalue weighted by molar-refractivity contribution is -0.140. The van der Waals surface area contributed by atoms with Crippen molar-refractivity contribution in [3.05, 3.63) is 21.8 Å². The third-order valence-corrected chi connectivity index (χ3v) is 6.75. The predicted molar refractivity (Wildman–Crippen MR) is 130 cm³/mol. The third-order valence-electron chi connectivity index (χ3n) is 3.52. The molecule has 0 aliphatic rings. The van der Waals surface area contributed by atoms with Crippen LogP contribution in [-0.2, 0) is 19.2 Å². The summed E-state index contributed by atoms with van der Waals surface area (Å²) in [6.45, 7) is -0.619. The largest absolute Gasteiger partial charge is 0.480 e. The Labute approximate surface area is 215 Å². The van der Waals surface area contributed by atoms with Crippen LogP contribution in [0.25, 0.3) is 0 Å². The first kappa shape index (κ1) is 27.4. The normalized spacial score (nSPS) is 11.3. The molecule has 1 rings (SSSR count). The Morgan fingerprint density at radius 2 is 1.42 bits per heavy atom. The molecule has 3 amide bonds. The molecule has 1 unspecified atom stereocenters. The molecule has 0 fully saturated rings. The van der Waals surface area contributed by atoms with Crippen molar-refractivity contribution in [3.8, 4) is 0 Å². The van der Waals surface area contributed by atoms with E-state index in [0.717, 1.165) is 6.92 Å². The summed E-state index contributed by atoms with van der Waals surface area (Å²) in [5, 5.41) is 33.5. The maximum absolute atomic E-state index is 12.8. The number of aliphatic hydroxyl groups is 1. The number of benzene rings is 1. The molecule has 6 N–H and O–H groups in total. The molecule has 0 aromatic heterocycles. The van der Waals surface area contributed by atoms with Gasteiger partial charge in [-0.3, -0.25) is 24.0 Å². The molecule has 0 aliphatic carbocycles. The van der Waals surface area contributed by atoms with Crippen LogP contribution in [0.3, 0.4) is 0 Å². The van der Waals surface area contributed by atoms with E-state index in [9.17, 15) is 28.8 Å². The quantitative estimate of drug-likeness (QED) is 0.148. The van der Waals surface area contributed by atoms with E-state index in [1.807, 2.05) is 0 Å². The summed E-state index contributed by atoms with van der Waals surface area (Å²) >= 11 is 5.03. The van der Waals surface area contributed by atoms with Crippen LogP contribution in [0.15, 0.2) is 0 Å². The first-order chi connectivity index (χ1) is 14.3. The van der Waals surface area contributed by atoms with Gasteiger partial charge in [0.2, 0.25) is 5.78 Å². The summed E-state index contributed by atoms with van der Waals surface area (Å²) in [5.74, 6) is -6.55. The molecule has 1 aromatic carbocycles. The van der Waals surface area contributed by atoms with Gasteiger partial charge >= 0.3 is 11.9 Å². The summed E-state index contributed by atoms with van der Waals surface area (Å²) in [6.07, 6.45) is 0. The number of aliphatic carboxylic acids is 2. The molecule has 1 atom stereocenters. The summed E-state index contributed by atoms with van der Waals surface area (Å²) in [5.41, 5.74) is -0.438. The summed E-state index contributed by atoms with van der Waals surface area (Å²) in [6, 6.07) is -1.64. The molecule has 0 radical (unpaired) electrons. The van der Waals surface area contributed by atoms with E-state index in [1.54, 1.807) is 67.8 Å². The van der Waals surface area contributed by atoms with E-state index in [4.69, 9.17) is 15.3 Å². The zero-order valence-electron chi connectivity index (χ0n) is 15.4. The minimum atomic E-state index is -1.64. The SMILES string of the molecule is CC(=O)C(=O)Nc1c(I)c(C(=O)NCC(=O)O)c(I)c(C(=O)NC(CO)C(=O)O)c1I. The number of Topliss-reactive ketones (excluding diaryl/α,β-unsaturated/α-hetero) is 1. The van der Waals surface area contributed by atoms with Crippen molar-refractivity contribution < 1.29 is 44.1 Å². The average molecular weight is 773 g/mol. The molecule has 168 valence electrons. The lowest BCUT2D eigenvalue weighted by atomic mass is 10.1. The van der Waals surface area contributed by atoms with E-state index in [0.29, 0.717) is 0 Å². The predicted octanol–water partition coefficient (Wildman–Crippen LogP) is 0.0176. The van der Waals surface area contributed by atoms with E-state index < -0.39 is 54.6 Å². The van der Waals surface area contributed by atoms with Gasteiger partial charge in [-0.15, -0.1) is 0 Å². The lowest BCUT2D eigenvalue weighted by Gasteiger charge is -2.20. The molecule has 0 aliphatic heterocycles. The smallest absolute Gasteiger partial charge is 0.328 e. The number of carbonyl (C=O) groups excluding carboxylic acids is 4. The number of halogens is 3. The van der Waals surface area contributed by atoms with Gasteiger partial charge in [0, 0.05) is 10.5 Å². The monoisotopic (exact) mass is 773 g/mol. The second-order valence-corrected chi connectivity index (χ2v) is 8.94. The van der Waals surface area contributed by atoms with Gasteiger partial charge in [-0.25, -0.2) is 4.79 Å². The zero-order valence-corrected chi connectivity index (χ0v) is 21.9. The van der Waals surface area contributed by atoms with E-state index in [-0.39, 0.29) is 27.5 Å². The number of ketones is 1. The molecule has 12 nitrogen and oxygen atoms in total. The van der Waals surface area contributed by atoms with Crippen molar-refractivity contribution in [1.29, 1.82) is 0 Å². The molecule has 0 saturated heterocycles. The van der Waals surface area contributed by atoms with Gasteiger partial charge in [0.25, 0.3) is 17.7 Å². The van der Waals surface area contributed by atoms with Gasteiger partial charge in [-0.1, -0.05) is 0 Å². The zero-order chi connectivity index (χ0) is 24.0. The van der Waals surface area contributed by atoms with Crippen LogP contribution in [0.2, 0.25) is 0 Å². The Morgan fingerprint density at radius 1 is 0.903 bits per heavy atom. The second kappa shape index (κ2) is 11.9. The summed E-state index contributed by atoms with van der Waals surface area (Å²) < 4.78 is 0.252. The van der Waals surface area contributed by atoms with Crippen LogP contribution >= 0.6 is 67.8 Å². The second-order valence-electron chi connectivity index (χ2n) is 5.70. The van der Waals surface area contributed by atoms with Crippen LogP contribution in [0.4, 0.5) is 5.69 Å². The van der Waals surface area contributed by atoms with E-state index >= 15 is 0 Å². The fourth-order valence-electron chi connectivity index (χ4n) is 2.03. The number of carbonyl (C=O) groups is 6. The molecule has 31 heavy (non-hydrogen) atoms. The fourth-order valence-corrected chi connectivity index (χ4v) is 6.45. The van der Waals surface area contributed by atoms with Crippen molar-refractivity contribution >= 4 is 109 Å². The first-order valence-electron chi connectivity index (χ1n) is 8.00. The molecular weight excluding hydrogens is 759 g/mol. The number of hydrogen-bond acceptors (Lipinski definition) is 7. The Morgan fingerprint density at radius 3 is 1.84 bits per heavy atom. The number of hydrogen-bond donors (Lipinski definition) is 6. The maximum Gasteiger partial charge on any atom is 0.328 e. The maximum atomic E-state index is 12.8. The average Bonchev–Trinajstić information content (AvgIpc) is 2.67. The highest BCUT2D eigenvalue weighted by atomic mass is 127.